The zero-order valence-electron chi connectivity index (χ0n) is 19.5. The molecule has 0 spiro atoms. The second-order valence-electron chi connectivity index (χ2n) is 11.0. The number of nitrogens with zero attached hydrogens (tertiary/aromatic N) is 1. The number of benzene rings is 1. The first kappa shape index (κ1) is 23.5. The molecule has 2 aliphatic rings. The van der Waals surface area contributed by atoms with Crippen molar-refractivity contribution in [2.45, 2.75) is 85.1 Å². The first-order valence-corrected chi connectivity index (χ1v) is 12.2. The Bertz CT molecular complexity index is 757. The molecule has 1 aromatic carbocycles. The van der Waals surface area contributed by atoms with Crippen molar-refractivity contribution in [1.82, 2.24) is 4.90 Å². The number of ketones is 1. The van der Waals surface area contributed by atoms with Crippen LogP contribution < -0.4 is 0 Å². The number of carbonyl (C=O) groups excluding carboxylic acids is 1. The summed E-state index contributed by atoms with van der Waals surface area (Å²) in [6, 6.07) is 6.96. The average Bonchev–Trinajstić information content (AvgIpc) is 2.70. The summed E-state index contributed by atoms with van der Waals surface area (Å²) in [6.45, 7) is 14.9. The van der Waals surface area contributed by atoms with Gasteiger partial charge in [0.15, 0.2) is 0 Å². The van der Waals surface area contributed by atoms with Crippen LogP contribution >= 0.6 is 11.6 Å². The molecule has 2 nitrogen and oxygen atoms in total. The number of hydrogen-bond donors (Lipinski definition) is 0. The molecule has 0 radical (unpaired) electrons. The number of hydrogen-bond acceptors (Lipinski definition) is 2. The first-order valence-electron chi connectivity index (χ1n) is 11.8. The predicted octanol–water partition coefficient (Wildman–Crippen LogP) is 7.41. The minimum absolute atomic E-state index is 0.0420. The molecule has 166 valence electrons. The van der Waals surface area contributed by atoms with Crippen LogP contribution in [0.5, 0.6) is 0 Å². The summed E-state index contributed by atoms with van der Waals surface area (Å²) in [5, 5.41) is 0.850. The van der Waals surface area contributed by atoms with Crippen molar-refractivity contribution in [2.24, 2.45) is 16.7 Å². The lowest BCUT2D eigenvalue weighted by Crippen LogP contribution is -2.45. The Labute approximate surface area is 189 Å². The van der Waals surface area contributed by atoms with Gasteiger partial charge in [-0.2, -0.15) is 0 Å². The molecule has 3 rings (SSSR count). The third kappa shape index (κ3) is 5.37. The lowest BCUT2D eigenvalue weighted by Gasteiger charge is -2.45. The van der Waals surface area contributed by atoms with E-state index in [-0.39, 0.29) is 10.8 Å². The van der Waals surface area contributed by atoms with Gasteiger partial charge in [-0.25, -0.2) is 0 Å². The molecule has 1 saturated heterocycles. The van der Waals surface area contributed by atoms with E-state index >= 15 is 0 Å². The zero-order valence-corrected chi connectivity index (χ0v) is 20.2. The van der Waals surface area contributed by atoms with Gasteiger partial charge in [-0.1, -0.05) is 51.4 Å². The van der Waals surface area contributed by atoms with Crippen LogP contribution in [0.2, 0.25) is 5.02 Å². The largest absolute Gasteiger partial charge is 0.299 e. The fourth-order valence-electron chi connectivity index (χ4n) is 5.64. The molecular formula is C27H40ClNO. The molecule has 1 heterocycles. The van der Waals surface area contributed by atoms with Crippen LogP contribution in [0.3, 0.4) is 0 Å². The van der Waals surface area contributed by atoms with Gasteiger partial charge in [-0.05, 0) is 92.6 Å². The van der Waals surface area contributed by atoms with E-state index < -0.39 is 0 Å². The van der Waals surface area contributed by atoms with Gasteiger partial charge in [-0.3, -0.25) is 9.69 Å². The standard InChI is InChI=1S/C27H40ClNO/c1-6-7-15-27(5,25(30)19-26(2,3)4)21-13-16-29(17-14-21)24-10-8-9-20-18-22(28)11-12-23(20)24/h6,11-12,18,21,24H,1,7-10,13-17,19H2,2-5H3. The molecule has 0 saturated carbocycles. The summed E-state index contributed by atoms with van der Waals surface area (Å²) < 4.78 is 0. The SMILES string of the molecule is C=CCCC(C)(C(=O)CC(C)(C)C)C1CCN(C2CCCc3cc(Cl)ccc32)CC1. The summed E-state index contributed by atoms with van der Waals surface area (Å²) in [5.41, 5.74) is 2.71. The molecular weight excluding hydrogens is 390 g/mol. The summed E-state index contributed by atoms with van der Waals surface area (Å²) in [5.74, 6) is 0.921. The maximum atomic E-state index is 13.4. The molecule has 2 atom stereocenters. The van der Waals surface area contributed by atoms with Gasteiger partial charge in [0, 0.05) is 22.9 Å². The summed E-state index contributed by atoms with van der Waals surface area (Å²) >= 11 is 6.24. The maximum Gasteiger partial charge on any atom is 0.139 e. The summed E-state index contributed by atoms with van der Waals surface area (Å²) in [6.07, 6.45) is 10.3. The number of halogens is 1. The smallest absolute Gasteiger partial charge is 0.139 e. The van der Waals surface area contributed by atoms with Crippen molar-refractivity contribution in [1.29, 1.82) is 0 Å². The second kappa shape index (κ2) is 9.57. The van der Waals surface area contributed by atoms with Crippen LogP contribution in [-0.2, 0) is 11.2 Å². The van der Waals surface area contributed by atoms with E-state index in [4.69, 9.17) is 11.6 Å². The Morgan fingerprint density at radius 1 is 1.20 bits per heavy atom. The third-order valence-corrected chi connectivity index (χ3v) is 7.69. The van der Waals surface area contributed by atoms with E-state index in [0.717, 1.165) is 50.2 Å². The Balaban J connectivity index is 1.71. The number of aryl methyl sites for hydroxylation is 1. The average molecular weight is 430 g/mol. The van der Waals surface area contributed by atoms with Crippen molar-refractivity contribution in [3.63, 3.8) is 0 Å². The molecule has 30 heavy (non-hydrogen) atoms. The van der Waals surface area contributed by atoms with E-state index in [9.17, 15) is 4.79 Å². The monoisotopic (exact) mass is 429 g/mol. The van der Waals surface area contributed by atoms with Crippen LogP contribution in [0.4, 0.5) is 0 Å². The van der Waals surface area contributed by atoms with Crippen LogP contribution in [0, 0.1) is 16.7 Å². The highest BCUT2D eigenvalue weighted by Crippen LogP contribution is 2.45. The van der Waals surface area contributed by atoms with Crippen molar-refractivity contribution >= 4 is 17.4 Å². The molecule has 1 aliphatic carbocycles. The van der Waals surface area contributed by atoms with Crippen molar-refractivity contribution < 1.29 is 4.79 Å². The van der Waals surface area contributed by atoms with E-state index in [1.165, 1.54) is 24.0 Å². The molecule has 1 aliphatic heterocycles. The Morgan fingerprint density at radius 2 is 1.90 bits per heavy atom. The highest BCUT2D eigenvalue weighted by Gasteiger charge is 2.43. The normalized spacial score (nSPS) is 22.9. The molecule has 0 amide bonds. The molecule has 1 aromatic rings. The van der Waals surface area contributed by atoms with E-state index in [2.05, 4.69) is 51.3 Å². The Morgan fingerprint density at radius 3 is 2.53 bits per heavy atom. The van der Waals surface area contributed by atoms with Gasteiger partial charge in [-0.15, -0.1) is 6.58 Å². The topological polar surface area (TPSA) is 20.3 Å². The molecule has 2 unspecified atom stereocenters. The van der Waals surface area contributed by atoms with Gasteiger partial charge < -0.3 is 0 Å². The van der Waals surface area contributed by atoms with E-state index in [1.807, 2.05) is 12.1 Å². The Kier molecular flexibility index (Phi) is 7.51. The summed E-state index contributed by atoms with van der Waals surface area (Å²) in [7, 11) is 0. The highest BCUT2D eigenvalue weighted by atomic mass is 35.5. The lowest BCUT2D eigenvalue weighted by molar-refractivity contribution is -0.134. The van der Waals surface area contributed by atoms with E-state index in [0.29, 0.717) is 24.2 Å². The van der Waals surface area contributed by atoms with Crippen LogP contribution in [0.25, 0.3) is 0 Å². The minimum atomic E-state index is -0.231. The van der Waals surface area contributed by atoms with Gasteiger partial charge >= 0.3 is 0 Å². The Hall–Kier alpha value is -1.12. The highest BCUT2D eigenvalue weighted by molar-refractivity contribution is 6.30. The number of carbonyl (C=O) groups is 1. The zero-order chi connectivity index (χ0) is 21.9. The number of Topliss-reactive ketones (excluding diaryl/α,β-unsaturated/α-hetero) is 1. The first-order chi connectivity index (χ1) is 14.1. The molecule has 1 fully saturated rings. The van der Waals surface area contributed by atoms with Crippen LogP contribution in [0.15, 0.2) is 30.9 Å². The number of rotatable bonds is 7. The number of likely N-dealkylation sites (tertiary alicyclic amines) is 1. The van der Waals surface area contributed by atoms with Crippen LogP contribution in [0.1, 0.15) is 89.8 Å². The molecule has 0 bridgehead atoms. The lowest BCUT2D eigenvalue weighted by atomic mass is 9.64. The number of allylic oxidation sites excluding steroid dienone is 1. The van der Waals surface area contributed by atoms with Gasteiger partial charge in [0.1, 0.15) is 5.78 Å². The van der Waals surface area contributed by atoms with Gasteiger partial charge in [0.2, 0.25) is 0 Å². The van der Waals surface area contributed by atoms with Crippen molar-refractivity contribution in [3.8, 4) is 0 Å². The fraction of sp³-hybridized carbons (Fsp3) is 0.667. The second-order valence-corrected chi connectivity index (χ2v) is 11.4. The predicted molar refractivity (Wildman–Crippen MR) is 128 cm³/mol. The van der Waals surface area contributed by atoms with Gasteiger partial charge in [0.05, 0.1) is 0 Å². The fourth-order valence-corrected chi connectivity index (χ4v) is 5.84. The number of fused-ring (bicyclic) bond motifs is 1. The molecule has 0 N–H and O–H groups in total. The van der Waals surface area contributed by atoms with Crippen molar-refractivity contribution in [2.75, 3.05) is 13.1 Å². The maximum absolute atomic E-state index is 13.4. The summed E-state index contributed by atoms with van der Waals surface area (Å²) in [4.78, 5) is 16.1. The quantitative estimate of drug-likeness (QED) is 0.420. The minimum Gasteiger partial charge on any atom is -0.299 e. The van der Waals surface area contributed by atoms with E-state index in [1.54, 1.807) is 0 Å². The van der Waals surface area contributed by atoms with Crippen molar-refractivity contribution in [3.05, 3.63) is 47.0 Å². The molecule has 0 aromatic heterocycles. The third-order valence-electron chi connectivity index (χ3n) is 7.45. The molecule has 3 heteroatoms. The van der Waals surface area contributed by atoms with Gasteiger partial charge in [0.25, 0.3) is 0 Å². The van der Waals surface area contributed by atoms with Crippen LogP contribution in [-0.4, -0.2) is 23.8 Å². The number of piperidine rings is 1.